The summed E-state index contributed by atoms with van der Waals surface area (Å²) in [6.07, 6.45) is 3.22. The fraction of sp³-hybridized carbons (Fsp3) is 0.556. The Morgan fingerprint density at radius 3 is 2.57 bits per heavy atom. The molecular formula is C18H24N2O3. The molecule has 2 N–H and O–H groups in total. The molecule has 2 unspecified atom stereocenters. The molecule has 5 nitrogen and oxygen atoms in total. The highest BCUT2D eigenvalue weighted by Crippen LogP contribution is 2.34. The van der Waals surface area contributed by atoms with Crippen molar-refractivity contribution in [3.05, 3.63) is 35.4 Å². The van der Waals surface area contributed by atoms with Gasteiger partial charge in [-0.15, -0.1) is 0 Å². The number of nitrogens with zero attached hydrogens (tertiary/aromatic N) is 1. The van der Waals surface area contributed by atoms with E-state index in [1.807, 2.05) is 12.1 Å². The van der Waals surface area contributed by atoms with E-state index in [9.17, 15) is 9.59 Å². The summed E-state index contributed by atoms with van der Waals surface area (Å²) < 4.78 is 0. The van der Waals surface area contributed by atoms with Crippen molar-refractivity contribution in [2.45, 2.75) is 38.6 Å². The van der Waals surface area contributed by atoms with Crippen molar-refractivity contribution in [3.8, 4) is 0 Å². The molecule has 2 amide bonds. The van der Waals surface area contributed by atoms with Gasteiger partial charge in [-0.2, -0.15) is 0 Å². The van der Waals surface area contributed by atoms with E-state index >= 15 is 0 Å². The van der Waals surface area contributed by atoms with E-state index in [-0.39, 0.29) is 18.0 Å². The Balaban J connectivity index is 1.65. The quantitative estimate of drug-likeness (QED) is 0.881. The van der Waals surface area contributed by atoms with Crippen molar-refractivity contribution in [1.82, 2.24) is 10.2 Å². The van der Waals surface area contributed by atoms with Gasteiger partial charge in [0.1, 0.15) is 0 Å². The largest absolute Gasteiger partial charge is 0.481 e. The molecule has 2 aliphatic rings. The summed E-state index contributed by atoms with van der Waals surface area (Å²) >= 11 is 0. The fourth-order valence-electron chi connectivity index (χ4n) is 3.70. The standard InChI is InChI=1S/C18H24N2O3/c1-12-6-7-13-4-2-3-5-15(13)16(12)19-18(23)20-10-8-14(9-11-20)17(21)22/h2-5,12,14,16H,6-11H2,1H3,(H,19,23)(H,21,22). The maximum Gasteiger partial charge on any atom is 0.317 e. The van der Waals surface area contributed by atoms with Gasteiger partial charge in [0, 0.05) is 13.1 Å². The van der Waals surface area contributed by atoms with Gasteiger partial charge in [-0.1, -0.05) is 31.2 Å². The summed E-state index contributed by atoms with van der Waals surface area (Å²) in [5.41, 5.74) is 2.54. The van der Waals surface area contributed by atoms with Crippen LogP contribution in [0, 0.1) is 11.8 Å². The molecule has 23 heavy (non-hydrogen) atoms. The normalized spacial score (nSPS) is 24.8. The second-order valence-electron chi connectivity index (χ2n) is 6.74. The van der Waals surface area contributed by atoms with Crippen LogP contribution in [0.15, 0.2) is 24.3 Å². The molecule has 1 aromatic carbocycles. The van der Waals surface area contributed by atoms with Crippen molar-refractivity contribution in [2.24, 2.45) is 11.8 Å². The lowest BCUT2D eigenvalue weighted by molar-refractivity contribution is -0.143. The minimum absolute atomic E-state index is 0.0460. The fourth-order valence-corrected chi connectivity index (χ4v) is 3.70. The molecule has 124 valence electrons. The summed E-state index contributed by atoms with van der Waals surface area (Å²) in [7, 11) is 0. The molecule has 2 atom stereocenters. The molecule has 1 aromatic rings. The van der Waals surface area contributed by atoms with Crippen molar-refractivity contribution < 1.29 is 14.7 Å². The van der Waals surface area contributed by atoms with Gasteiger partial charge >= 0.3 is 12.0 Å². The highest BCUT2D eigenvalue weighted by atomic mass is 16.4. The van der Waals surface area contributed by atoms with E-state index in [0.717, 1.165) is 12.8 Å². The molecule has 1 aliphatic carbocycles. The summed E-state index contributed by atoms with van der Waals surface area (Å²) in [4.78, 5) is 25.3. The van der Waals surface area contributed by atoms with Crippen LogP contribution in [-0.4, -0.2) is 35.1 Å². The molecule has 3 rings (SSSR count). The van der Waals surface area contributed by atoms with Crippen molar-refractivity contribution in [2.75, 3.05) is 13.1 Å². The van der Waals surface area contributed by atoms with Crippen LogP contribution in [0.4, 0.5) is 4.79 Å². The summed E-state index contributed by atoms with van der Waals surface area (Å²) in [6.45, 7) is 3.22. The van der Waals surface area contributed by atoms with Crippen molar-refractivity contribution >= 4 is 12.0 Å². The highest BCUT2D eigenvalue weighted by molar-refractivity contribution is 5.76. The summed E-state index contributed by atoms with van der Waals surface area (Å²) in [5, 5.41) is 12.2. The first-order valence-corrected chi connectivity index (χ1v) is 8.42. The zero-order valence-corrected chi connectivity index (χ0v) is 13.5. The second-order valence-corrected chi connectivity index (χ2v) is 6.74. The lowest BCUT2D eigenvalue weighted by atomic mass is 9.81. The minimum atomic E-state index is -0.750. The average molecular weight is 316 g/mol. The van der Waals surface area contributed by atoms with Gasteiger partial charge in [-0.05, 0) is 42.7 Å². The Bertz CT molecular complexity index is 594. The number of carboxylic acid groups (broad SMARTS) is 1. The van der Waals surface area contributed by atoms with Gasteiger partial charge in [0.15, 0.2) is 0 Å². The first-order valence-electron chi connectivity index (χ1n) is 8.42. The zero-order chi connectivity index (χ0) is 16.4. The van der Waals surface area contributed by atoms with Crippen molar-refractivity contribution in [3.63, 3.8) is 0 Å². The number of carbonyl (C=O) groups excluding carboxylic acids is 1. The number of urea groups is 1. The molecule has 1 aliphatic heterocycles. The molecule has 0 saturated carbocycles. The third kappa shape index (κ3) is 3.33. The summed E-state index contributed by atoms with van der Waals surface area (Å²) in [6, 6.07) is 8.29. The Hall–Kier alpha value is -2.04. The number of aliphatic carboxylic acids is 1. The Morgan fingerprint density at radius 2 is 1.87 bits per heavy atom. The number of benzene rings is 1. The Morgan fingerprint density at radius 1 is 1.17 bits per heavy atom. The number of carbonyl (C=O) groups is 2. The molecule has 0 bridgehead atoms. The summed E-state index contributed by atoms with van der Waals surface area (Å²) in [5.74, 6) is -0.654. The first kappa shape index (κ1) is 15.8. The minimum Gasteiger partial charge on any atom is -0.481 e. The predicted octanol–water partition coefficient (Wildman–Crippen LogP) is 2.82. The third-order valence-corrected chi connectivity index (χ3v) is 5.24. The second kappa shape index (κ2) is 6.60. The maximum absolute atomic E-state index is 12.6. The maximum atomic E-state index is 12.6. The van der Waals surface area contributed by atoms with Gasteiger partial charge < -0.3 is 15.3 Å². The number of carboxylic acids is 1. The molecule has 0 aromatic heterocycles. The Labute approximate surface area is 136 Å². The van der Waals surface area contributed by atoms with E-state index < -0.39 is 5.97 Å². The van der Waals surface area contributed by atoms with Crippen LogP contribution < -0.4 is 5.32 Å². The predicted molar refractivity (Wildman–Crippen MR) is 87.1 cm³/mol. The molecule has 1 fully saturated rings. The number of fused-ring (bicyclic) bond motifs is 1. The number of nitrogens with one attached hydrogen (secondary N) is 1. The van der Waals surface area contributed by atoms with Crippen molar-refractivity contribution in [1.29, 1.82) is 0 Å². The monoisotopic (exact) mass is 316 g/mol. The van der Waals surface area contributed by atoms with E-state index in [2.05, 4.69) is 24.4 Å². The number of piperidine rings is 1. The lowest BCUT2D eigenvalue weighted by Crippen LogP contribution is -2.48. The number of rotatable bonds is 2. The Kier molecular flexibility index (Phi) is 4.55. The van der Waals surface area contributed by atoms with Gasteiger partial charge in [0.25, 0.3) is 0 Å². The average Bonchev–Trinajstić information content (AvgIpc) is 2.57. The van der Waals surface area contributed by atoms with E-state index in [1.165, 1.54) is 11.1 Å². The topological polar surface area (TPSA) is 69.6 Å². The number of hydrogen-bond donors (Lipinski definition) is 2. The molecule has 1 saturated heterocycles. The number of amides is 2. The smallest absolute Gasteiger partial charge is 0.317 e. The third-order valence-electron chi connectivity index (χ3n) is 5.24. The van der Waals surface area contributed by atoms with E-state index in [1.54, 1.807) is 4.90 Å². The molecule has 5 heteroatoms. The molecule has 0 radical (unpaired) electrons. The first-order chi connectivity index (χ1) is 11.1. The van der Waals surface area contributed by atoms with Gasteiger partial charge in [0.2, 0.25) is 0 Å². The number of likely N-dealkylation sites (tertiary alicyclic amines) is 1. The van der Waals surface area contributed by atoms with Crippen LogP contribution in [0.5, 0.6) is 0 Å². The van der Waals surface area contributed by atoms with E-state index in [0.29, 0.717) is 31.8 Å². The van der Waals surface area contributed by atoms with Gasteiger partial charge in [-0.25, -0.2) is 4.79 Å². The van der Waals surface area contributed by atoms with Gasteiger partial charge in [-0.3, -0.25) is 4.79 Å². The van der Waals surface area contributed by atoms with E-state index in [4.69, 9.17) is 5.11 Å². The lowest BCUT2D eigenvalue weighted by Gasteiger charge is -2.36. The molecule has 1 heterocycles. The van der Waals surface area contributed by atoms with Crippen LogP contribution in [-0.2, 0) is 11.2 Å². The molecular weight excluding hydrogens is 292 g/mol. The molecule has 0 spiro atoms. The number of hydrogen-bond acceptors (Lipinski definition) is 2. The zero-order valence-electron chi connectivity index (χ0n) is 13.5. The van der Waals surface area contributed by atoms with Gasteiger partial charge in [0.05, 0.1) is 12.0 Å². The van der Waals surface area contributed by atoms with Crippen LogP contribution in [0.1, 0.15) is 43.4 Å². The SMILES string of the molecule is CC1CCc2ccccc2C1NC(=O)N1CCC(C(=O)O)CC1. The van der Waals surface area contributed by atoms with Crippen LogP contribution in [0.3, 0.4) is 0 Å². The highest BCUT2D eigenvalue weighted by Gasteiger charge is 2.31. The van der Waals surface area contributed by atoms with Crippen LogP contribution in [0.25, 0.3) is 0 Å². The number of aryl methyl sites for hydroxylation is 1. The van der Waals surface area contributed by atoms with Crippen LogP contribution >= 0.6 is 0 Å². The van der Waals surface area contributed by atoms with Crippen LogP contribution in [0.2, 0.25) is 0 Å².